The van der Waals surface area contributed by atoms with Crippen LogP contribution in [0.4, 0.5) is 4.39 Å². The Labute approximate surface area is 134 Å². The number of hydrogen-bond acceptors (Lipinski definition) is 1. The van der Waals surface area contributed by atoms with Gasteiger partial charge in [-0.3, -0.25) is 0 Å². The van der Waals surface area contributed by atoms with Gasteiger partial charge >= 0.3 is 0 Å². The molecule has 2 rings (SSSR count). The maximum Gasteiger partial charge on any atom is 0.126 e. The molecular formula is C15H15Cl3FN. The molecule has 1 nitrogen and oxygen atoms in total. The Morgan fingerprint density at radius 2 is 1.65 bits per heavy atom. The summed E-state index contributed by atoms with van der Waals surface area (Å²) in [4.78, 5) is 0. The molecule has 5 heteroatoms. The average Bonchev–Trinajstić information content (AvgIpc) is 2.41. The van der Waals surface area contributed by atoms with Crippen molar-refractivity contribution in [3.63, 3.8) is 0 Å². The lowest BCUT2D eigenvalue weighted by molar-refractivity contribution is 0.598. The Morgan fingerprint density at radius 1 is 0.950 bits per heavy atom. The number of benzene rings is 2. The first kappa shape index (κ1) is 17.3. The molecular weight excluding hydrogens is 320 g/mol. The summed E-state index contributed by atoms with van der Waals surface area (Å²) in [6, 6.07) is 12.3. The number of rotatable bonds is 5. The lowest BCUT2D eigenvalue weighted by atomic mass is 10.1. The summed E-state index contributed by atoms with van der Waals surface area (Å²) < 4.78 is 13.4. The summed E-state index contributed by atoms with van der Waals surface area (Å²) in [5.41, 5.74) is 1.66. The Balaban J connectivity index is 0.00000200. The van der Waals surface area contributed by atoms with Crippen LogP contribution in [0, 0.1) is 5.82 Å². The second kappa shape index (κ2) is 8.48. The molecule has 0 fully saturated rings. The van der Waals surface area contributed by atoms with Crippen LogP contribution in [0.1, 0.15) is 11.1 Å². The highest BCUT2D eigenvalue weighted by Crippen LogP contribution is 2.25. The first-order chi connectivity index (χ1) is 9.18. The lowest BCUT2D eigenvalue weighted by Crippen LogP contribution is -2.17. The van der Waals surface area contributed by atoms with Crippen LogP contribution >= 0.6 is 35.6 Å². The summed E-state index contributed by atoms with van der Waals surface area (Å²) in [6.07, 6.45) is 0.644. The molecule has 0 aliphatic heterocycles. The van der Waals surface area contributed by atoms with E-state index in [1.807, 2.05) is 18.2 Å². The van der Waals surface area contributed by atoms with Gasteiger partial charge in [-0.1, -0.05) is 53.5 Å². The fourth-order valence-electron chi connectivity index (χ4n) is 1.83. The molecule has 2 aromatic carbocycles. The van der Waals surface area contributed by atoms with E-state index in [2.05, 4.69) is 5.32 Å². The van der Waals surface area contributed by atoms with Gasteiger partial charge in [0, 0.05) is 6.54 Å². The molecule has 0 aromatic heterocycles. The predicted octanol–water partition coefficient (Wildman–Crippen LogP) is 4.89. The minimum absolute atomic E-state index is 0. The lowest BCUT2D eigenvalue weighted by Gasteiger charge is -2.08. The van der Waals surface area contributed by atoms with Crippen molar-refractivity contribution >= 4 is 35.6 Å². The summed E-state index contributed by atoms with van der Waals surface area (Å²) in [6.45, 7) is 1.30. The Hall–Kier alpha value is -0.800. The van der Waals surface area contributed by atoms with E-state index in [1.165, 1.54) is 6.07 Å². The smallest absolute Gasteiger partial charge is 0.126 e. The molecule has 0 unspecified atom stereocenters. The SMILES string of the molecule is Cl.Fc1ccccc1CCNCc1cccc(Cl)c1Cl. The second-order valence-electron chi connectivity index (χ2n) is 4.23. The third kappa shape index (κ3) is 4.64. The van der Waals surface area contributed by atoms with E-state index in [0.717, 1.165) is 5.56 Å². The molecule has 0 saturated carbocycles. The Morgan fingerprint density at radius 3 is 2.40 bits per heavy atom. The number of nitrogens with one attached hydrogen (secondary N) is 1. The van der Waals surface area contributed by atoms with Gasteiger partial charge in [0.15, 0.2) is 0 Å². The standard InChI is InChI=1S/C15H14Cl2FN.ClH/c16-13-6-3-5-12(15(13)17)10-19-9-8-11-4-1-2-7-14(11)18;/h1-7,19H,8-10H2;1H. The Kier molecular flexibility index (Phi) is 7.31. The summed E-state index contributed by atoms with van der Waals surface area (Å²) in [7, 11) is 0. The zero-order chi connectivity index (χ0) is 13.7. The normalized spacial score (nSPS) is 10.2. The van der Waals surface area contributed by atoms with Gasteiger partial charge in [-0.2, -0.15) is 0 Å². The molecule has 0 aliphatic carbocycles. The Bertz CT molecular complexity index is 561. The summed E-state index contributed by atoms with van der Waals surface area (Å²) in [5.74, 6) is -0.162. The summed E-state index contributed by atoms with van der Waals surface area (Å²) in [5, 5.41) is 4.36. The van der Waals surface area contributed by atoms with Crippen LogP contribution in [0.25, 0.3) is 0 Å². The molecule has 20 heavy (non-hydrogen) atoms. The van der Waals surface area contributed by atoms with Gasteiger partial charge in [0.1, 0.15) is 5.82 Å². The molecule has 0 atom stereocenters. The molecule has 0 spiro atoms. The topological polar surface area (TPSA) is 12.0 Å². The minimum atomic E-state index is -0.162. The van der Waals surface area contributed by atoms with Crippen LogP contribution in [0.3, 0.4) is 0 Å². The molecule has 0 amide bonds. The average molecular weight is 335 g/mol. The highest BCUT2D eigenvalue weighted by Gasteiger charge is 2.04. The van der Waals surface area contributed by atoms with Gasteiger partial charge in [0.05, 0.1) is 10.0 Å². The molecule has 0 aliphatic rings. The fourth-order valence-corrected chi connectivity index (χ4v) is 2.22. The van der Waals surface area contributed by atoms with Gasteiger partial charge in [-0.15, -0.1) is 12.4 Å². The van der Waals surface area contributed by atoms with Crippen molar-refractivity contribution in [1.29, 1.82) is 0 Å². The van der Waals surface area contributed by atoms with Crippen molar-refractivity contribution in [1.82, 2.24) is 5.32 Å². The monoisotopic (exact) mass is 333 g/mol. The van der Waals surface area contributed by atoms with Crippen LogP contribution in [0.5, 0.6) is 0 Å². The van der Waals surface area contributed by atoms with Gasteiger partial charge in [0.2, 0.25) is 0 Å². The van der Waals surface area contributed by atoms with E-state index < -0.39 is 0 Å². The first-order valence-electron chi connectivity index (χ1n) is 6.05. The van der Waals surface area contributed by atoms with Crippen LogP contribution in [0.15, 0.2) is 42.5 Å². The molecule has 0 heterocycles. The molecule has 2 aromatic rings. The first-order valence-corrected chi connectivity index (χ1v) is 6.81. The maximum atomic E-state index is 13.4. The van der Waals surface area contributed by atoms with Gasteiger partial charge < -0.3 is 5.32 Å². The number of halogens is 4. The van der Waals surface area contributed by atoms with Crippen LogP contribution in [-0.4, -0.2) is 6.54 Å². The van der Waals surface area contributed by atoms with E-state index in [0.29, 0.717) is 35.1 Å². The van der Waals surface area contributed by atoms with Crippen molar-refractivity contribution in [2.45, 2.75) is 13.0 Å². The zero-order valence-corrected chi connectivity index (χ0v) is 13.0. The highest BCUT2D eigenvalue weighted by molar-refractivity contribution is 6.42. The van der Waals surface area contributed by atoms with Gasteiger partial charge in [-0.25, -0.2) is 4.39 Å². The van der Waals surface area contributed by atoms with E-state index >= 15 is 0 Å². The quantitative estimate of drug-likeness (QED) is 0.768. The third-order valence-electron chi connectivity index (χ3n) is 2.88. The van der Waals surface area contributed by atoms with Gasteiger partial charge in [0.25, 0.3) is 0 Å². The second-order valence-corrected chi connectivity index (χ2v) is 5.02. The predicted molar refractivity (Wildman–Crippen MR) is 85.5 cm³/mol. The molecule has 0 radical (unpaired) electrons. The number of hydrogen-bond donors (Lipinski definition) is 1. The van der Waals surface area contributed by atoms with Crippen molar-refractivity contribution < 1.29 is 4.39 Å². The van der Waals surface area contributed by atoms with Crippen LogP contribution in [0.2, 0.25) is 10.0 Å². The molecule has 0 saturated heterocycles. The van der Waals surface area contributed by atoms with E-state index in [1.54, 1.807) is 18.2 Å². The molecule has 1 N–H and O–H groups in total. The summed E-state index contributed by atoms with van der Waals surface area (Å²) >= 11 is 12.0. The van der Waals surface area contributed by atoms with Crippen molar-refractivity contribution in [2.24, 2.45) is 0 Å². The van der Waals surface area contributed by atoms with E-state index in [4.69, 9.17) is 23.2 Å². The highest BCUT2D eigenvalue weighted by atomic mass is 35.5. The van der Waals surface area contributed by atoms with Crippen LogP contribution < -0.4 is 5.32 Å². The fraction of sp³-hybridized carbons (Fsp3) is 0.200. The van der Waals surface area contributed by atoms with E-state index in [-0.39, 0.29) is 18.2 Å². The van der Waals surface area contributed by atoms with Crippen molar-refractivity contribution in [3.8, 4) is 0 Å². The maximum absolute atomic E-state index is 13.4. The van der Waals surface area contributed by atoms with Crippen molar-refractivity contribution in [2.75, 3.05) is 6.54 Å². The molecule has 108 valence electrons. The zero-order valence-electron chi connectivity index (χ0n) is 10.7. The van der Waals surface area contributed by atoms with Gasteiger partial charge in [-0.05, 0) is 36.2 Å². The van der Waals surface area contributed by atoms with Crippen LogP contribution in [-0.2, 0) is 13.0 Å². The van der Waals surface area contributed by atoms with E-state index in [9.17, 15) is 4.39 Å². The third-order valence-corrected chi connectivity index (χ3v) is 3.73. The minimum Gasteiger partial charge on any atom is -0.312 e. The molecule has 0 bridgehead atoms. The largest absolute Gasteiger partial charge is 0.312 e. The van der Waals surface area contributed by atoms with Crippen molar-refractivity contribution in [3.05, 3.63) is 69.5 Å².